The Labute approximate surface area is 175 Å². The highest BCUT2D eigenvalue weighted by atomic mass is 32.2. The predicted octanol–water partition coefficient (Wildman–Crippen LogP) is 3.22. The molecule has 0 radical (unpaired) electrons. The molecular formula is C21H23N3O5S. The molecule has 30 heavy (non-hydrogen) atoms. The number of rotatable bonds is 9. The number of hydrogen-bond acceptors (Lipinski definition) is 5. The summed E-state index contributed by atoms with van der Waals surface area (Å²) in [7, 11) is -3.69. The van der Waals surface area contributed by atoms with Gasteiger partial charge in [0.25, 0.3) is 5.91 Å². The molecule has 1 atom stereocenters. The van der Waals surface area contributed by atoms with E-state index in [1.807, 2.05) is 19.9 Å². The quantitative estimate of drug-likeness (QED) is 0.560. The summed E-state index contributed by atoms with van der Waals surface area (Å²) in [5.41, 5.74) is 0.136. The van der Waals surface area contributed by atoms with E-state index >= 15 is 0 Å². The minimum atomic E-state index is -3.69. The summed E-state index contributed by atoms with van der Waals surface area (Å²) >= 11 is 0. The van der Waals surface area contributed by atoms with Crippen LogP contribution in [0.1, 0.15) is 53.0 Å². The maximum atomic E-state index is 12.5. The van der Waals surface area contributed by atoms with Crippen molar-refractivity contribution >= 4 is 27.6 Å². The van der Waals surface area contributed by atoms with Crippen LogP contribution in [0.15, 0.2) is 47.4 Å². The van der Waals surface area contributed by atoms with Crippen LogP contribution in [0.25, 0.3) is 0 Å². The van der Waals surface area contributed by atoms with Crippen LogP contribution in [0.3, 0.4) is 0 Å². The summed E-state index contributed by atoms with van der Waals surface area (Å²) in [6.07, 6.45) is 1.88. The van der Waals surface area contributed by atoms with Crippen LogP contribution in [-0.4, -0.2) is 31.9 Å². The third kappa shape index (κ3) is 5.89. The van der Waals surface area contributed by atoms with E-state index in [1.54, 1.807) is 0 Å². The lowest BCUT2D eigenvalue weighted by Crippen LogP contribution is -2.28. The summed E-state index contributed by atoms with van der Waals surface area (Å²) in [6.45, 7) is 4.33. The van der Waals surface area contributed by atoms with Crippen molar-refractivity contribution in [3.05, 3.63) is 59.2 Å². The van der Waals surface area contributed by atoms with Gasteiger partial charge in [-0.25, -0.2) is 17.9 Å². The number of hydrogen-bond donors (Lipinski definition) is 3. The average molecular weight is 429 g/mol. The van der Waals surface area contributed by atoms with Crippen LogP contribution in [0.2, 0.25) is 0 Å². The first-order valence-corrected chi connectivity index (χ1v) is 10.8. The molecule has 0 aromatic heterocycles. The predicted molar refractivity (Wildman–Crippen MR) is 112 cm³/mol. The number of aromatic carboxylic acids is 1. The maximum Gasteiger partial charge on any atom is 0.337 e. The molecule has 158 valence electrons. The fraction of sp³-hybridized carbons (Fsp3) is 0.286. The van der Waals surface area contributed by atoms with E-state index in [-0.39, 0.29) is 33.2 Å². The molecule has 0 aliphatic carbocycles. The van der Waals surface area contributed by atoms with Crippen molar-refractivity contribution in [1.82, 2.24) is 4.72 Å². The minimum absolute atomic E-state index is 0.0346. The van der Waals surface area contributed by atoms with Crippen LogP contribution in [0, 0.1) is 17.2 Å². The SMILES string of the molecule is CCCC(C)CNS(=O)(=O)c1ccc(C(=O)Nc2ccc(C#N)cc2C(=O)O)cc1. The lowest BCUT2D eigenvalue weighted by molar-refractivity contribution is 0.0698. The Hall–Kier alpha value is -3.22. The lowest BCUT2D eigenvalue weighted by Gasteiger charge is -2.12. The largest absolute Gasteiger partial charge is 0.478 e. The van der Waals surface area contributed by atoms with Crippen LogP contribution in [0.4, 0.5) is 5.69 Å². The Balaban J connectivity index is 2.14. The molecule has 0 saturated heterocycles. The number of carbonyl (C=O) groups excluding carboxylic acids is 1. The molecule has 0 heterocycles. The first-order chi connectivity index (χ1) is 14.2. The number of amides is 1. The fourth-order valence-corrected chi connectivity index (χ4v) is 3.97. The van der Waals surface area contributed by atoms with Gasteiger partial charge in [0.2, 0.25) is 10.0 Å². The second-order valence-electron chi connectivity index (χ2n) is 6.90. The van der Waals surface area contributed by atoms with Gasteiger partial charge in [-0.15, -0.1) is 0 Å². The molecule has 0 aliphatic heterocycles. The number of carbonyl (C=O) groups is 2. The molecule has 0 bridgehead atoms. The van der Waals surface area contributed by atoms with Gasteiger partial charge in [0.05, 0.1) is 27.8 Å². The lowest BCUT2D eigenvalue weighted by atomic mass is 10.1. The van der Waals surface area contributed by atoms with Gasteiger partial charge in [-0.3, -0.25) is 4.79 Å². The Bertz CT molecular complexity index is 1070. The highest BCUT2D eigenvalue weighted by Crippen LogP contribution is 2.19. The summed E-state index contributed by atoms with van der Waals surface area (Å²) in [5, 5.41) is 20.7. The van der Waals surface area contributed by atoms with Crippen molar-refractivity contribution in [2.75, 3.05) is 11.9 Å². The van der Waals surface area contributed by atoms with E-state index in [0.29, 0.717) is 6.54 Å². The van der Waals surface area contributed by atoms with Crippen molar-refractivity contribution in [2.45, 2.75) is 31.6 Å². The van der Waals surface area contributed by atoms with Crippen LogP contribution in [0.5, 0.6) is 0 Å². The number of sulfonamides is 1. The molecule has 0 spiro atoms. The minimum Gasteiger partial charge on any atom is -0.478 e. The number of benzene rings is 2. The van der Waals surface area contributed by atoms with Crippen molar-refractivity contribution in [2.24, 2.45) is 5.92 Å². The number of nitrogens with zero attached hydrogens (tertiary/aromatic N) is 1. The van der Waals surface area contributed by atoms with Gasteiger partial charge in [0.15, 0.2) is 0 Å². The molecule has 1 unspecified atom stereocenters. The first-order valence-electron chi connectivity index (χ1n) is 9.36. The summed E-state index contributed by atoms with van der Waals surface area (Å²) < 4.78 is 27.3. The van der Waals surface area contributed by atoms with Crippen molar-refractivity contribution in [1.29, 1.82) is 5.26 Å². The number of carboxylic acids is 1. The molecule has 0 fully saturated rings. The van der Waals surface area contributed by atoms with E-state index in [2.05, 4.69) is 10.0 Å². The summed E-state index contributed by atoms with van der Waals surface area (Å²) in [6, 6.07) is 11.1. The fourth-order valence-electron chi connectivity index (χ4n) is 2.81. The molecule has 8 nitrogen and oxygen atoms in total. The van der Waals surface area contributed by atoms with Crippen LogP contribution >= 0.6 is 0 Å². The van der Waals surface area contributed by atoms with Crippen LogP contribution < -0.4 is 10.0 Å². The van der Waals surface area contributed by atoms with Gasteiger partial charge in [-0.2, -0.15) is 5.26 Å². The molecule has 1 amide bonds. The van der Waals surface area contributed by atoms with Crippen molar-refractivity contribution in [3.8, 4) is 6.07 Å². The number of nitriles is 1. The van der Waals surface area contributed by atoms with E-state index in [4.69, 9.17) is 5.26 Å². The molecule has 2 rings (SSSR count). The molecule has 0 aliphatic rings. The Morgan fingerprint density at radius 3 is 2.40 bits per heavy atom. The van der Waals surface area contributed by atoms with Gasteiger partial charge in [-0.1, -0.05) is 20.3 Å². The maximum absolute atomic E-state index is 12.5. The zero-order valence-corrected chi connectivity index (χ0v) is 17.5. The highest BCUT2D eigenvalue weighted by Gasteiger charge is 2.18. The number of nitrogens with one attached hydrogen (secondary N) is 2. The van der Waals surface area contributed by atoms with Gasteiger partial charge >= 0.3 is 5.97 Å². The van der Waals surface area contributed by atoms with Crippen molar-refractivity contribution in [3.63, 3.8) is 0 Å². The van der Waals surface area contributed by atoms with Gasteiger partial charge in [-0.05, 0) is 54.8 Å². The Morgan fingerprint density at radius 2 is 1.83 bits per heavy atom. The first kappa shape index (κ1) is 23.1. The van der Waals surface area contributed by atoms with Gasteiger partial charge in [0, 0.05) is 12.1 Å². The monoisotopic (exact) mass is 429 g/mol. The van der Waals surface area contributed by atoms with E-state index in [0.717, 1.165) is 12.8 Å². The molecule has 2 aromatic rings. The summed E-state index contributed by atoms with van der Waals surface area (Å²) in [5.74, 6) is -1.67. The third-order valence-corrected chi connectivity index (χ3v) is 5.90. The molecule has 9 heteroatoms. The highest BCUT2D eigenvalue weighted by molar-refractivity contribution is 7.89. The average Bonchev–Trinajstić information content (AvgIpc) is 2.72. The molecule has 0 saturated carbocycles. The topological polar surface area (TPSA) is 136 Å². The van der Waals surface area contributed by atoms with Gasteiger partial charge < -0.3 is 10.4 Å². The zero-order valence-electron chi connectivity index (χ0n) is 16.7. The smallest absolute Gasteiger partial charge is 0.337 e. The Morgan fingerprint density at radius 1 is 1.17 bits per heavy atom. The van der Waals surface area contributed by atoms with Crippen LogP contribution in [-0.2, 0) is 10.0 Å². The normalized spacial score (nSPS) is 12.0. The Kier molecular flexibility index (Phi) is 7.69. The van der Waals surface area contributed by atoms with Crippen molar-refractivity contribution < 1.29 is 23.1 Å². The van der Waals surface area contributed by atoms with Gasteiger partial charge in [0.1, 0.15) is 0 Å². The van der Waals surface area contributed by atoms with E-state index in [1.165, 1.54) is 42.5 Å². The van der Waals surface area contributed by atoms with E-state index < -0.39 is 21.9 Å². The molecule has 3 N–H and O–H groups in total. The third-order valence-electron chi connectivity index (χ3n) is 4.46. The molecule has 2 aromatic carbocycles. The standard InChI is InChI=1S/C21H23N3O5S/c1-3-4-14(2)13-23-30(28,29)17-8-6-16(7-9-17)20(25)24-19-10-5-15(12-22)11-18(19)21(26)27/h5-11,14,23H,3-4,13H2,1-2H3,(H,24,25)(H,26,27). The summed E-state index contributed by atoms with van der Waals surface area (Å²) in [4.78, 5) is 23.9. The van der Waals surface area contributed by atoms with E-state index in [9.17, 15) is 23.1 Å². The molecular weight excluding hydrogens is 406 g/mol. The second kappa shape index (κ2) is 10.0. The number of carboxylic acid groups (broad SMARTS) is 1. The second-order valence-corrected chi connectivity index (χ2v) is 8.67. The zero-order chi connectivity index (χ0) is 22.3. The number of anilines is 1.